The minimum Gasteiger partial charge on any atom is -0.341 e. The number of piperazine rings is 1. The molecule has 0 aliphatic carbocycles. The maximum Gasteiger partial charge on any atom is 0.321 e. The van der Waals surface area contributed by atoms with Crippen LogP contribution >= 0.6 is 0 Å². The number of nitrogens with one attached hydrogen (secondary N) is 2. The highest BCUT2D eigenvalue weighted by Crippen LogP contribution is 2.23. The van der Waals surface area contributed by atoms with Gasteiger partial charge in [-0.3, -0.25) is 15.0 Å². The van der Waals surface area contributed by atoms with E-state index in [2.05, 4.69) is 10.6 Å². The fourth-order valence-electron chi connectivity index (χ4n) is 2.42. The molecule has 1 heterocycles. The molecule has 0 aromatic heterocycles. The average Bonchev–Trinajstić information content (AvgIpc) is 2.54. The fourth-order valence-corrected chi connectivity index (χ4v) is 3.95. The van der Waals surface area contributed by atoms with Crippen LogP contribution in [0, 0.1) is 11.6 Å². The fraction of sp³-hybridized carbons (Fsp3) is 0.429. The molecule has 0 atom stereocenters. The van der Waals surface area contributed by atoms with Crippen molar-refractivity contribution in [1.29, 1.82) is 0 Å². The molecule has 1 aromatic rings. The van der Waals surface area contributed by atoms with Crippen LogP contribution in [0.2, 0.25) is 0 Å². The van der Waals surface area contributed by atoms with Crippen molar-refractivity contribution in [3.63, 3.8) is 0 Å². The van der Waals surface area contributed by atoms with Gasteiger partial charge in [0, 0.05) is 33.2 Å². The summed E-state index contributed by atoms with van der Waals surface area (Å²) in [5, 5.41) is 4.34. The minimum absolute atomic E-state index is 0.0244. The first-order chi connectivity index (χ1) is 11.8. The number of halogens is 2. The van der Waals surface area contributed by atoms with E-state index in [4.69, 9.17) is 0 Å². The molecule has 2 N–H and O–H groups in total. The highest BCUT2D eigenvalue weighted by molar-refractivity contribution is 7.89. The number of carbonyl (C=O) groups is 2. The third kappa shape index (κ3) is 4.50. The molecule has 0 spiro atoms. The SMILES string of the molecule is CNC(=O)NC(=O)CN1CCN(S(=O)(=O)c2c(F)cccc2F)CC1. The van der Waals surface area contributed by atoms with Crippen LogP contribution in [-0.2, 0) is 14.8 Å². The maximum absolute atomic E-state index is 13.8. The summed E-state index contributed by atoms with van der Waals surface area (Å²) in [5.41, 5.74) is 0. The van der Waals surface area contributed by atoms with Crippen molar-refractivity contribution in [2.24, 2.45) is 0 Å². The first kappa shape index (κ1) is 19.2. The number of nitrogens with zero attached hydrogens (tertiary/aromatic N) is 2. The molecule has 0 saturated carbocycles. The van der Waals surface area contributed by atoms with Crippen LogP contribution in [0.3, 0.4) is 0 Å². The molecule has 0 bridgehead atoms. The molecule has 8 nitrogen and oxygen atoms in total. The monoisotopic (exact) mass is 376 g/mol. The van der Waals surface area contributed by atoms with Crippen LogP contribution in [-0.4, -0.2) is 69.3 Å². The zero-order chi connectivity index (χ0) is 18.6. The summed E-state index contributed by atoms with van der Waals surface area (Å²) in [6.07, 6.45) is 0. The Hall–Kier alpha value is -2.11. The van der Waals surface area contributed by atoms with Gasteiger partial charge in [0.25, 0.3) is 0 Å². The van der Waals surface area contributed by atoms with Gasteiger partial charge in [-0.25, -0.2) is 22.0 Å². The lowest BCUT2D eigenvalue weighted by atomic mass is 10.3. The summed E-state index contributed by atoms with van der Waals surface area (Å²) < 4.78 is 53.4. The molecule has 138 valence electrons. The van der Waals surface area contributed by atoms with Gasteiger partial charge in [-0.15, -0.1) is 0 Å². The van der Waals surface area contributed by atoms with Crippen LogP contribution in [0.4, 0.5) is 13.6 Å². The standard InChI is InChI=1S/C14H18F2N4O4S/c1-17-14(22)18-12(21)9-19-5-7-20(8-6-19)25(23,24)13-10(15)3-2-4-11(13)16/h2-4H,5-9H2,1H3,(H2,17,18,21,22). The largest absolute Gasteiger partial charge is 0.341 e. The summed E-state index contributed by atoms with van der Waals surface area (Å²) in [5.74, 6) is -2.82. The molecule has 1 aliphatic heterocycles. The highest BCUT2D eigenvalue weighted by atomic mass is 32.2. The summed E-state index contributed by atoms with van der Waals surface area (Å²) in [6.45, 7) is 0.245. The van der Waals surface area contributed by atoms with Crippen molar-refractivity contribution in [2.45, 2.75) is 4.90 Å². The lowest BCUT2D eigenvalue weighted by Crippen LogP contribution is -2.52. The Morgan fingerprint density at radius 2 is 1.68 bits per heavy atom. The first-order valence-corrected chi connectivity index (χ1v) is 8.88. The number of carbonyl (C=O) groups excluding carboxylic acids is 2. The topological polar surface area (TPSA) is 98.8 Å². The van der Waals surface area contributed by atoms with E-state index in [0.29, 0.717) is 0 Å². The number of rotatable bonds is 4. The highest BCUT2D eigenvalue weighted by Gasteiger charge is 2.33. The van der Waals surface area contributed by atoms with Gasteiger partial charge in [-0.05, 0) is 12.1 Å². The van der Waals surface area contributed by atoms with Gasteiger partial charge in [0.05, 0.1) is 6.54 Å². The number of sulfonamides is 1. The second-order valence-corrected chi connectivity index (χ2v) is 7.23. The predicted octanol–water partition coefficient (Wildman–Crippen LogP) is -0.273. The van der Waals surface area contributed by atoms with Crippen molar-refractivity contribution >= 4 is 22.0 Å². The van der Waals surface area contributed by atoms with Crippen molar-refractivity contribution in [3.8, 4) is 0 Å². The van der Waals surface area contributed by atoms with Crippen LogP contribution in [0.25, 0.3) is 0 Å². The third-order valence-electron chi connectivity index (χ3n) is 3.70. The van der Waals surface area contributed by atoms with Gasteiger partial charge in [0.15, 0.2) is 4.90 Å². The normalized spacial score (nSPS) is 16.4. The Labute approximate surface area is 143 Å². The van der Waals surface area contributed by atoms with E-state index >= 15 is 0 Å². The molecule has 1 saturated heterocycles. The van der Waals surface area contributed by atoms with E-state index in [0.717, 1.165) is 22.5 Å². The lowest BCUT2D eigenvalue weighted by Gasteiger charge is -2.33. The van der Waals surface area contributed by atoms with Gasteiger partial charge in [0.1, 0.15) is 11.6 Å². The molecule has 1 aliphatic rings. The van der Waals surface area contributed by atoms with Crippen molar-refractivity contribution in [1.82, 2.24) is 19.8 Å². The van der Waals surface area contributed by atoms with Crippen molar-refractivity contribution < 1.29 is 26.8 Å². The number of amides is 3. The average molecular weight is 376 g/mol. The van der Waals surface area contributed by atoms with Crippen molar-refractivity contribution in [2.75, 3.05) is 39.8 Å². The third-order valence-corrected chi connectivity index (χ3v) is 5.65. The van der Waals surface area contributed by atoms with E-state index in [1.807, 2.05) is 0 Å². The van der Waals surface area contributed by atoms with Gasteiger partial charge in [0.2, 0.25) is 15.9 Å². The van der Waals surface area contributed by atoms with E-state index in [1.165, 1.54) is 7.05 Å². The van der Waals surface area contributed by atoms with Gasteiger partial charge in [-0.1, -0.05) is 6.07 Å². The summed E-state index contributed by atoms with van der Waals surface area (Å²) in [7, 11) is -2.94. The lowest BCUT2D eigenvalue weighted by molar-refractivity contribution is -0.121. The smallest absolute Gasteiger partial charge is 0.321 e. The molecule has 0 radical (unpaired) electrons. The molecule has 3 amide bonds. The Morgan fingerprint density at radius 1 is 1.12 bits per heavy atom. The number of urea groups is 1. The van der Waals surface area contributed by atoms with E-state index in [1.54, 1.807) is 4.90 Å². The van der Waals surface area contributed by atoms with Gasteiger partial charge in [-0.2, -0.15) is 4.31 Å². The molecule has 2 rings (SSSR count). The Morgan fingerprint density at radius 3 is 2.20 bits per heavy atom. The summed E-state index contributed by atoms with van der Waals surface area (Å²) >= 11 is 0. The number of imide groups is 1. The molecule has 1 fully saturated rings. The Kier molecular flexibility index (Phi) is 6.03. The molecule has 1 aromatic carbocycles. The summed E-state index contributed by atoms with van der Waals surface area (Å²) in [4.78, 5) is 23.3. The van der Waals surface area contributed by atoms with Gasteiger partial charge < -0.3 is 5.32 Å². The Balaban J connectivity index is 2.00. The summed E-state index contributed by atoms with van der Waals surface area (Å²) in [6, 6.07) is 2.22. The quantitative estimate of drug-likeness (QED) is 0.754. The van der Waals surface area contributed by atoms with Gasteiger partial charge >= 0.3 is 6.03 Å². The van der Waals surface area contributed by atoms with E-state index < -0.39 is 38.5 Å². The second-order valence-electron chi connectivity index (χ2n) is 5.36. The predicted molar refractivity (Wildman–Crippen MR) is 84.2 cm³/mol. The molecule has 0 unspecified atom stereocenters. The molecule has 25 heavy (non-hydrogen) atoms. The number of hydrogen-bond acceptors (Lipinski definition) is 5. The second kappa shape index (κ2) is 7.85. The molecule has 11 heteroatoms. The zero-order valence-corrected chi connectivity index (χ0v) is 14.3. The minimum atomic E-state index is -4.31. The van der Waals surface area contributed by atoms with E-state index in [-0.39, 0.29) is 32.7 Å². The van der Waals surface area contributed by atoms with E-state index in [9.17, 15) is 26.8 Å². The Bertz CT molecular complexity index is 744. The van der Waals surface area contributed by atoms with Crippen LogP contribution in [0.1, 0.15) is 0 Å². The van der Waals surface area contributed by atoms with Crippen LogP contribution in [0.15, 0.2) is 23.1 Å². The van der Waals surface area contributed by atoms with Crippen LogP contribution in [0.5, 0.6) is 0 Å². The molecular weight excluding hydrogens is 358 g/mol. The zero-order valence-electron chi connectivity index (χ0n) is 13.5. The number of benzene rings is 1. The van der Waals surface area contributed by atoms with Crippen LogP contribution < -0.4 is 10.6 Å². The van der Waals surface area contributed by atoms with Crippen molar-refractivity contribution in [3.05, 3.63) is 29.8 Å². The number of hydrogen-bond donors (Lipinski definition) is 2. The maximum atomic E-state index is 13.8. The first-order valence-electron chi connectivity index (χ1n) is 7.43. The molecular formula is C14H18F2N4O4S.